The number of amides is 2. The van der Waals surface area contributed by atoms with Gasteiger partial charge in [-0.2, -0.15) is 0 Å². The van der Waals surface area contributed by atoms with E-state index in [0.717, 1.165) is 11.3 Å². The van der Waals surface area contributed by atoms with Crippen LogP contribution in [0, 0.1) is 6.92 Å². The van der Waals surface area contributed by atoms with Crippen molar-refractivity contribution in [2.24, 2.45) is 0 Å². The van der Waals surface area contributed by atoms with Crippen LogP contribution in [0.15, 0.2) is 18.2 Å². The molecule has 0 saturated carbocycles. The van der Waals surface area contributed by atoms with E-state index in [2.05, 4.69) is 10.6 Å². The number of aryl methyl sites for hydroxylation is 1. The third-order valence-corrected chi connectivity index (χ3v) is 2.66. The van der Waals surface area contributed by atoms with E-state index >= 15 is 0 Å². The highest BCUT2D eigenvalue weighted by atomic mass is 16.5. The first kappa shape index (κ1) is 15.8. The number of carbonyl (C=O) groups is 2. The Hall–Kier alpha value is -2.28. The van der Waals surface area contributed by atoms with Crippen molar-refractivity contribution in [3.63, 3.8) is 0 Å². The van der Waals surface area contributed by atoms with Gasteiger partial charge >= 0.3 is 12.0 Å². The fourth-order valence-electron chi connectivity index (χ4n) is 1.59. The third-order valence-electron chi connectivity index (χ3n) is 2.66. The van der Waals surface area contributed by atoms with Gasteiger partial charge in [0.25, 0.3) is 0 Å². The number of aliphatic carboxylic acids is 1. The van der Waals surface area contributed by atoms with E-state index in [1.807, 2.05) is 6.92 Å². The van der Waals surface area contributed by atoms with Crippen molar-refractivity contribution < 1.29 is 24.2 Å². The van der Waals surface area contributed by atoms with Crippen molar-refractivity contribution in [1.82, 2.24) is 5.32 Å². The summed E-state index contributed by atoms with van der Waals surface area (Å²) >= 11 is 0. The average Bonchev–Trinajstić information content (AvgIpc) is 2.39. The summed E-state index contributed by atoms with van der Waals surface area (Å²) in [5.41, 5.74) is 1.47. The number of anilines is 1. The molecule has 1 aromatic carbocycles. The van der Waals surface area contributed by atoms with Crippen molar-refractivity contribution in [1.29, 1.82) is 0 Å². The molecule has 0 aliphatic heterocycles. The molecule has 0 saturated heterocycles. The zero-order chi connectivity index (χ0) is 15.1. The van der Waals surface area contributed by atoms with Gasteiger partial charge in [0.15, 0.2) is 6.10 Å². The third kappa shape index (κ3) is 4.43. The van der Waals surface area contributed by atoms with Crippen molar-refractivity contribution in [3.05, 3.63) is 23.8 Å². The first-order valence-corrected chi connectivity index (χ1v) is 5.93. The van der Waals surface area contributed by atoms with E-state index in [-0.39, 0.29) is 6.54 Å². The van der Waals surface area contributed by atoms with E-state index in [1.54, 1.807) is 25.3 Å². The Bertz CT molecular complexity index is 490. The van der Waals surface area contributed by atoms with Crippen LogP contribution in [0.25, 0.3) is 0 Å². The highest BCUT2D eigenvalue weighted by molar-refractivity contribution is 5.89. The molecule has 0 fully saturated rings. The van der Waals surface area contributed by atoms with Crippen LogP contribution in [0.1, 0.15) is 5.56 Å². The van der Waals surface area contributed by atoms with Gasteiger partial charge in [-0.05, 0) is 30.7 Å². The minimum atomic E-state index is -1.13. The molecule has 1 rings (SSSR count). The highest BCUT2D eigenvalue weighted by Crippen LogP contribution is 2.21. The van der Waals surface area contributed by atoms with Gasteiger partial charge in [0.05, 0.1) is 13.7 Å². The van der Waals surface area contributed by atoms with Gasteiger partial charge in [0.2, 0.25) is 0 Å². The van der Waals surface area contributed by atoms with Gasteiger partial charge in [-0.15, -0.1) is 0 Å². The summed E-state index contributed by atoms with van der Waals surface area (Å²) in [4.78, 5) is 22.3. The minimum Gasteiger partial charge on any atom is -0.496 e. The fourth-order valence-corrected chi connectivity index (χ4v) is 1.59. The minimum absolute atomic E-state index is 0.118. The summed E-state index contributed by atoms with van der Waals surface area (Å²) < 4.78 is 9.82. The molecular weight excluding hydrogens is 264 g/mol. The predicted molar refractivity (Wildman–Crippen MR) is 73.2 cm³/mol. The lowest BCUT2D eigenvalue weighted by Crippen LogP contribution is -2.39. The molecule has 1 atom stereocenters. The van der Waals surface area contributed by atoms with Crippen molar-refractivity contribution in [3.8, 4) is 5.75 Å². The number of hydrogen-bond donors (Lipinski definition) is 3. The molecule has 1 unspecified atom stereocenters. The average molecular weight is 282 g/mol. The molecule has 0 aromatic heterocycles. The van der Waals surface area contributed by atoms with E-state index in [4.69, 9.17) is 14.6 Å². The van der Waals surface area contributed by atoms with Crippen LogP contribution in [-0.2, 0) is 9.53 Å². The van der Waals surface area contributed by atoms with Gasteiger partial charge in [-0.25, -0.2) is 9.59 Å². The normalized spacial score (nSPS) is 11.6. The number of rotatable bonds is 6. The number of nitrogens with one attached hydrogen (secondary N) is 2. The zero-order valence-corrected chi connectivity index (χ0v) is 11.6. The number of urea groups is 1. The Morgan fingerprint density at radius 1 is 1.35 bits per heavy atom. The van der Waals surface area contributed by atoms with Gasteiger partial charge in [0, 0.05) is 12.8 Å². The van der Waals surface area contributed by atoms with E-state index < -0.39 is 18.1 Å². The summed E-state index contributed by atoms with van der Waals surface area (Å²) in [6.07, 6.45) is -1.07. The summed E-state index contributed by atoms with van der Waals surface area (Å²) in [6.45, 7) is 1.74. The number of carboxylic acids is 1. The number of carbonyl (C=O) groups excluding carboxylic acids is 1. The number of hydrogen-bond acceptors (Lipinski definition) is 4. The fraction of sp³-hybridized carbons (Fsp3) is 0.385. The maximum Gasteiger partial charge on any atom is 0.334 e. The van der Waals surface area contributed by atoms with Gasteiger partial charge in [-0.1, -0.05) is 0 Å². The molecule has 0 radical (unpaired) electrons. The van der Waals surface area contributed by atoms with Crippen LogP contribution in [0.4, 0.5) is 10.5 Å². The number of carboxylic acid groups (broad SMARTS) is 1. The molecule has 0 spiro atoms. The molecule has 1 aromatic rings. The standard InChI is InChI=1S/C13H18N2O5/c1-8-6-9(4-5-10(8)19-2)15-13(18)14-7-11(20-3)12(16)17/h4-6,11H,7H2,1-3H3,(H,16,17)(H2,14,15,18). The number of ether oxygens (including phenoxy) is 2. The van der Waals surface area contributed by atoms with Gasteiger partial charge in [0.1, 0.15) is 5.75 Å². The molecule has 7 heteroatoms. The second-order valence-corrected chi connectivity index (χ2v) is 4.08. The summed E-state index contributed by atoms with van der Waals surface area (Å²) in [6, 6.07) is 4.68. The smallest absolute Gasteiger partial charge is 0.334 e. The van der Waals surface area contributed by atoms with Crippen LogP contribution in [0.5, 0.6) is 5.75 Å². The second kappa shape index (κ2) is 7.34. The highest BCUT2D eigenvalue weighted by Gasteiger charge is 2.17. The van der Waals surface area contributed by atoms with Crippen molar-refractivity contribution in [2.45, 2.75) is 13.0 Å². The van der Waals surface area contributed by atoms with Crippen LogP contribution < -0.4 is 15.4 Å². The Kier molecular flexibility index (Phi) is 5.79. The van der Waals surface area contributed by atoms with E-state index in [1.165, 1.54) is 7.11 Å². The molecular formula is C13H18N2O5. The van der Waals surface area contributed by atoms with E-state index in [0.29, 0.717) is 5.69 Å². The number of benzene rings is 1. The molecule has 0 heterocycles. The molecule has 0 aliphatic rings. The monoisotopic (exact) mass is 282 g/mol. The summed E-state index contributed by atoms with van der Waals surface area (Å²) in [5.74, 6) is -0.408. The summed E-state index contributed by atoms with van der Waals surface area (Å²) in [7, 11) is 2.84. The largest absolute Gasteiger partial charge is 0.496 e. The van der Waals surface area contributed by atoms with Crippen LogP contribution in [-0.4, -0.2) is 44.0 Å². The Morgan fingerprint density at radius 3 is 2.55 bits per heavy atom. The molecule has 0 bridgehead atoms. The lowest BCUT2D eigenvalue weighted by atomic mass is 10.2. The first-order valence-electron chi connectivity index (χ1n) is 5.93. The van der Waals surface area contributed by atoms with Crippen LogP contribution >= 0.6 is 0 Å². The van der Waals surface area contributed by atoms with Crippen LogP contribution in [0.2, 0.25) is 0 Å². The SMILES string of the molecule is COc1ccc(NC(=O)NCC(OC)C(=O)O)cc1C. The van der Waals surface area contributed by atoms with Gasteiger partial charge in [-0.3, -0.25) is 0 Å². The molecule has 110 valence electrons. The van der Waals surface area contributed by atoms with E-state index in [9.17, 15) is 9.59 Å². The summed E-state index contributed by atoms with van der Waals surface area (Å²) in [5, 5.41) is 13.8. The topological polar surface area (TPSA) is 96.9 Å². The Morgan fingerprint density at radius 2 is 2.05 bits per heavy atom. The maximum absolute atomic E-state index is 11.6. The molecule has 20 heavy (non-hydrogen) atoms. The maximum atomic E-state index is 11.6. The quantitative estimate of drug-likeness (QED) is 0.729. The van der Waals surface area contributed by atoms with Crippen molar-refractivity contribution in [2.75, 3.05) is 26.1 Å². The van der Waals surface area contributed by atoms with Gasteiger partial charge < -0.3 is 25.2 Å². The lowest BCUT2D eigenvalue weighted by molar-refractivity contribution is -0.147. The van der Waals surface area contributed by atoms with Crippen LogP contribution in [0.3, 0.4) is 0 Å². The first-order chi connectivity index (χ1) is 9.47. The predicted octanol–water partition coefficient (Wildman–Crippen LogP) is 1.22. The zero-order valence-electron chi connectivity index (χ0n) is 11.6. The molecule has 3 N–H and O–H groups in total. The lowest BCUT2D eigenvalue weighted by Gasteiger charge is -2.13. The Balaban J connectivity index is 2.54. The second-order valence-electron chi connectivity index (χ2n) is 4.08. The number of methoxy groups -OCH3 is 2. The molecule has 7 nitrogen and oxygen atoms in total. The van der Waals surface area contributed by atoms with Crippen molar-refractivity contribution >= 4 is 17.7 Å². The Labute approximate surface area is 116 Å². The molecule has 0 aliphatic carbocycles. The molecule has 2 amide bonds.